The lowest BCUT2D eigenvalue weighted by atomic mass is 9.80. The first-order valence-corrected chi connectivity index (χ1v) is 7.98. The van der Waals surface area contributed by atoms with Crippen molar-refractivity contribution in [1.29, 1.82) is 0 Å². The summed E-state index contributed by atoms with van der Waals surface area (Å²) in [5.74, 6) is 1.26. The number of rotatable bonds is 3. The number of hydrogen-bond donors (Lipinski definition) is 1. The van der Waals surface area contributed by atoms with Crippen molar-refractivity contribution in [2.75, 3.05) is 6.54 Å². The Labute approximate surface area is 128 Å². The molecule has 0 saturated heterocycles. The monoisotopic (exact) mass is 343 g/mol. The van der Waals surface area contributed by atoms with E-state index in [9.17, 15) is 4.79 Å². The second kappa shape index (κ2) is 6.76. The van der Waals surface area contributed by atoms with Crippen molar-refractivity contribution < 1.29 is 4.79 Å². The second-order valence-electron chi connectivity index (χ2n) is 5.36. The predicted molar refractivity (Wildman–Crippen MR) is 82.6 cm³/mol. The van der Waals surface area contributed by atoms with Crippen LogP contribution in [0, 0.1) is 11.8 Å². The molecular weight excluding hydrogens is 326 g/mol. The van der Waals surface area contributed by atoms with E-state index in [1.807, 2.05) is 0 Å². The van der Waals surface area contributed by atoms with Crippen molar-refractivity contribution in [3.8, 4) is 0 Å². The zero-order valence-electron chi connectivity index (χ0n) is 11.1. The Morgan fingerprint density at radius 3 is 2.89 bits per heavy atom. The highest BCUT2D eigenvalue weighted by atomic mass is 79.9. The van der Waals surface area contributed by atoms with Gasteiger partial charge in [0, 0.05) is 16.0 Å². The molecule has 19 heavy (non-hydrogen) atoms. The van der Waals surface area contributed by atoms with Gasteiger partial charge in [0.05, 0.1) is 5.56 Å². The van der Waals surface area contributed by atoms with Gasteiger partial charge >= 0.3 is 0 Å². The minimum Gasteiger partial charge on any atom is -0.352 e. The lowest BCUT2D eigenvalue weighted by molar-refractivity contribution is 0.0935. The van der Waals surface area contributed by atoms with Crippen molar-refractivity contribution in [3.05, 3.63) is 33.3 Å². The fourth-order valence-electron chi connectivity index (χ4n) is 2.69. The Hall–Kier alpha value is -0.540. The second-order valence-corrected chi connectivity index (χ2v) is 6.65. The first kappa shape index (κ1) is 14.9. The molecule has 0 heterocycles. The summed E-state index contributed by atoms with van der Waals surface area (Å²) >= 11 is 9.32. The fraction of sp³-hybridized carbons (Fsp3) is 0.533. The summed E-state index contributed by atoms with van der Waals surface area (Å²) in [5, 5.41) is 3.62. The first-order chi connectivity index (χ1) is 9.08. The predicted octanol–water partition coefficient (Wildman–Crippen LogP) is 4.66. The molecule has 2 atom stereocenters. The van der Waals surface area contributed by atoms with Crippen LogP contribution in [0.1, 0.15) is 43.0 Å². The Bertz CT molecular complexity index is 463. The van der Waals surface area contributed by atoms with E-state index >= 15 is 0 Å². The van der Waals surface area contributed by atoms with Crippen molar-refractivity contribution in [1.82, 2.24) is 5.32 Å². The highest BCUT2D eigenvalue weighted by Crippen LogP contribution is 2.29. The minimum atomic E-state index is -0.0489. The average molecular weight is 345 g/mol. The summed E-state index contributed by atoms with van der Waals surface area (Å²) in [6.07, 6.45) is 5.11. The summed E-state index contributed by atoms with van der Waals surface area (Å²) in [5.41, 5.74) is 0.607. The van der Waals surface area contributed by atoms with Gasteiger partial charge in [-0.3, -0.25) is 4.79 Å². The van der Waals surface area contributed by atoms with Gasteiger partial charge in [0.25, 0.3) is 5.91 Å². The Balaban J connectivity index is 1.95. The van der Waals surface area contributed by atoms with Crippen LogP contribution < -0.4 is 5.32 Å². The maximum atomic E-state index is 12.2. The minimum absolute atomic E-state index is 0.0489. The normalized spacial score (nSPS) is 23.1. The highest BCUT2D eigenvalue weighted by molar-refractivity contribution is 9.10. The first-order valence-electron chi connectivity index (χ1n) is 6.81. The maximum absolute atomic E-state index is 12.2. The van der Waals surface area contributed by atoms with Gasteiger partial charge in [-0.2, -0.15) is 0 Å². The summed E-state index contributed by atoms with van der Waals surface area (Å²) in [7, 11) is 0. The molecule has 0 bridgehead atoms. The van der Waals surface area contributed by atoms with Crippen molar-refractivity contribution in [2.24, 2.45) is 11.8 Å². The molecule has 0 aromatic heterocycles. The third-order valence-corrected chi connectivity index (χ3v) is 4.91. The molecule has 1 aliphatic rings. The van der Waals surface area contributed by atoms with E-state index < -0.39 is 0 Å². The number of amides is 1. The lowest BCUT2D eigenvalue weighted by Crippen LogP contribution is -2.33. The van der Waals surface area contributed by atoms with E-state index in [0.717, 1.165) is 11.0 Å². The van der Waals surface area contributed by atoms with Crippen molar-refractivity contribution in [3.63, 3.8) is 0 Å². The van der Waals surface area contributed by atoms with E-state index in [1.54, 1.807) is 18.2 Å². The molecule has 1 amide bonds. The molecule has 0 radical (unpaired) electrons. The van der Waals surface area contributed by atoms with Gasteiger partial charge in [-0.25, -0.2) is 0 Å². The standard InChI is InChI=1S/C15H19BrClNO/c1-10-4-2-3-5-11(10)9-18-15(19)13-8-12(17)6-7-14(13)16/h6-8,10-11H,2-5,9H2,1H3,(H,18,19). The Morgan fingerprint density at radius 2 is 2.16 bits per heavy atom. The SMILES string of the molecule is CC1CCCCC1CNC(=O)c1cc(Cl)ccc1Br. The van der Waals surface area contributed by atoms with Crippen LogP contribution >= 0.6 is 27.5 Å². The van der Waals surface area contributed by atoms with Crippen molar-refractivity contribution >= 4 is 33.4 Å². The summed E-state index contributed by atoms with van der Waals surface area (Å²) in [6.45, 7) is 3.05. The van der Waals surface area contributed by atoms with Crippen LogP contribution in [0.2, 0.25) is 5.02 Å². The third kappa shape index (κ3) is 3.96. The highest BCUT2D eigenvalue weighted by Gasteiger charge is 2.22. The van der Waals surface area contributed by atoms with Crippen LogP contribution in [0.3, 0.4) is 0 Å². The fourth-order valence-corrected chi connectivity index (χ4v) is 3.29. The van der Waals surface area contributed by atoms with Gasteiger partial charge < -0.3 is 5.32 Å². The molecule has 1 N–H and O–H groups in total. The van der Waals surface area contributed by atoms with Gasteiger partial charge in [0.1, 0.15) is 0 Å². The molecule has 1 aromatic carbocycles. The van der Waals surface area contributed by atoms with Gasteiger partial charge in [-0.15, -0.1) is 0 Å². The Morgan fingerprint density at radius 1 is 1.42 bits per heavy atom. The number of hydrogen-bond acceptors (Lipinski definition) is 1. The van der Waals surface area contributed by atoms with Crippen LogP contribution in [0.4, 0.5) is 0 Å². The summed E-state index contributed by atoms with van der Waals surface area (Å²) < 4.78 is 0.783. The van der Waals surface area contributed by atoms with Gasteiger partial charge in [0.15, 0.2) is 0 Å². The molecule has 1 aliphatic carbocycles. The zero-order chi connectivity index (χ0) is 13.8. The third-order valence-electron chi connectivity index (χ3n) is 3.99. The molecule has 2 rings (SSSR count). The molecule has 4 heteroatoms. The molecule has 2 nitrogen and oxygen atoms in total. The van der Waals surface area contributed by atoms with Crippen LogP contribution in [0.5, 0.6) is 0 Å². The van der Waals surface area contributed by atoms with E-state index in [1.165, 1.54) is 25.7 Å². The quantitative estimate of drug-likeness (QED) is 0.849. The number of carbonyl (C=O) groups excluding carboxylic acids is 1. The molecule has 0 aliphatic heterocycles. The molecule has 1 aromatic rings. The summed E-state index contributed by atoms with van der Waals surface area (Å²) in [6, 6.07) is 5.28. The van der Waals surface area contributed by atoms with Crippen molar-refractivity contribution in [2.45, 2.75) is 32.6 Å². The number of benzene rings is 1. The smallest absolute Gasteiger partial charge is 0.252 e. The van der Waals surface area contributed by atoms with E-state index in [4.69, 9.17) is 11.6 Å². The number of halogens is 2. The maximum Gasteiger partial charge on any atom is 0.252 e. The number of nitrogens with one attached hydrogen (secondary N) is 1. The number of carbonyl (C=O) groups is 1. The van der Waals surface area contributed by atoms with Crippen LogP contribution in [0.25, 0.3) is 0 Å². The van der Waals surface area contributed by atoms with E-state index in [2.05, 4.69) is 28.2 Å². The summed E-state index contributed by atoms with van der Waals surface area (Å²) in [4.78, 5) is 12.2. The molecule has 1 saturated carbocycles. The zero-order valence-corrected chi connectivity index (χ0v) is 13.4. The molecule has 2 unspecified atom stereocenters. The van der Waals surface area contributed by atoms with Gasteiger partial charge in [0.2, 0.25) is 0 Å². The molecule has 1 fully saturated rings. The van der Waals surface area contributed by atoms with E-state index in [-0.39, 0.29) is 5.91 Å². The largest absolute Gasteiger partial charge is 0.352 e. The van der Waals surface area contributed by atoms with Gasteiger partial charge in [-0.1, -0.05) is 37.8 Å². The topological polar surface area (TPSA) is 29.1 Å². The molecule has 104 valence electrons. The van der Waals surface area contributed by atoms with Crippen LogP contribution in [-0.4, -0.2) is 12.5 Å². The average Bonchev–Trinajstić information content (AvgIpc) is 2.40. The van der Waals surface area contributed by atoms with Crippen LogP contribution in [0.15, 0.2) is 22.7 Å². The van der Waals surface area contributed by atoms with Crippen LogP contribution in [-0.2, 0) is 0 Å². The Kier molecular flexibility index (Phi) is 5.28. The van der Waals surface area contributed by atoms with Gasteiger partial charge in [-0.05, 0) is 52.4 Å². The molecular formula is C15H19BrClNO. The van der Waals surface area contributed by atoms with E-state index in [0.29, 0.717) is 22.4 Å². The lowest BCUT2D eigenvalue weighted by Gasteiger charge is -2.28. The molecule has 0 spiro atoms.